The Morgan fingerprint density at radius 1 is 1.19 bits per heavy atom. The minimum Gasteiger partial charge on any atom is -0.408 e. The SMILES string of the molecule is CNCCSc1nnc(C(=O)C(NC(=O)C2CCCCC2)C2CC2)o1.Cl. The van der Waals surface area contributed by atoms with Crippen LogP contribution < -0.4 is 10.6 Å². The topological polar surface area (TPSA) is 97.1 Å². The first-order valence-electron chi connectivity index (χ1n) is 9.14. The van der Waals surface area contributed by atoms with Crippen molar-refractivity contribution >= 4 is 35.9 Å². The molecule has 1 heterocycles. The summed E-state index contributed by atoms with van der Waals surface area (Å²) in [6.45, 7) is 0.818. The molecular weight excluding hydrogens is 376 g/mol. The first-order chi connectivity index (χ1) is 12.2. The maximum Gasteiger partial charge on any atom is 0.286 e. The zero-order chi connectivity index (χ0) is 17.6. The number of aromatic nitrogens is 2. The first-order valence-corrected chi connectivity index (χ1v) is 10.1. The minimum atomic E-state index is -0.523. The highest BCUT2D eigenvalue weighted by Gasteiger charge is 2.40. The van der Waals surface area contributed by atoms with Crippen molar-refractivity contribution in [3.8, 4) is 0 Å². The molecule has 1 atom stereocenters. The molecule has 9 heteroatoms. The zero-order valence-electron chi connectivity index (χ0n) is 15.0. The second kappa shape index (κ2) is 10.3. The standard InChI is InChI=1S/C17H26N4O3S.ClH/c1-18-9-10-25-17-21-20-16(24-17)14(22)13(11-7-8-11)19-15(23)12-5-3-2-4-6-12;/h11-13,18H,2-10H2,1H3,(H,19,23);1H. The highest BCUT2D eigenvalue weighted by Crippen LogP contribution is 2.35. The van der Waals surface area contributed by atoms with Crippen molar-refractivity contribution in [3.05, 3.63) is 5.89 Å². The lowest BCUT2D eigenvalue weighted by Gasteiger charge is -2.23. The average Bonchev–Trinajstić information content (AvgIpc) is 3.37. The fraction of sp³-hybridized carbons (Fsp3) is 0.765. The summed E-state index contributed by atoms with van der Waals surface area (Å²) in [7, 11) is 1.87. The number of thioether (sulfide) groups is 1. The van der Waals surface area contributed by atoms with E-state index in [0.29, 0.717) is 5.22 Å². The molecule has 2 aliphatic carbocycles. The van der Waals surface area contributed by atoms with Gasteiger partial charge in [-0.05, 0) is 38.6 Å². The predicted molar refractivity (Wildman–Crippen MR) is 102 cm³/mol. The second-order valence-corrected chi connectivity index (χ2v) is 7.89. The van der Waals surface area contributed by atoms with E-state index in [1.54, 1.807) is 0 Å². The lowest BCUT2D eigenvalue weighted by molar-refractivity contribution is -0.126. The van der Waals surface area contributed by atoms with E-state index in [9.17, 15) is 9.59 Å². The van der Waals surface area contributed by atoms with Gasteiger partial charge in [-0.1, -0.05) is 31.0 Å². The quantitative estimate of drug-likeness (QED) is 0.372. The Balaban J connectivity index is 0.00000243. The fourth-order valence-electron chi connectivity index (χ4n) is 3.20. The molecule has 1 aromatic rings. The number of nitrogens with zero attached hydrogens (tertiary/aromatic N) is 2. The van der Waals surface area contributed by atoms with E-state index in [-0.39, 0.29) is 41.8 Å². The summed E-state index contributed by atoms with van der Waals surface area (Å²) in [5.41, 5.74) is 0. The van der Waals surface area contributed by atoms with Crippen LogP contribution in [-0.2, 0) is 4.79 Å². The van der Waals surface area contributed by atoms with Gasteiger partial charge in [0.05, 0.1) is 0 Å². The molecule has 7 nitrogen and oxygen atoms in total. The molecule has 1 unspecified atom stereocenters. The summed E-state index contributed by atoms with van der Waals surface area (Å²) >= 11 is 1.41. The van der Waals surface area contributed by atoms with E-state index in [2.05, 4.69) is 20.8 Å². The molecule has 26 heavy (non-hydrogen) atoms. The number of hydrogen-bond donors (Lipinski definition) is 2. The summed E-state index contributed by atoms with van der Waals surface area (Å²) in [6.07, 6.45) is 7.14. The van der Waals surface area contributed by atoms with Gasteiger partial charge in [0.1, 0.15) is 6.04 Å². The monoisotopic (exact) mass is 402 g/mol. The van der Waals surface area contributed by atoms with E-state index in [0.717, 1.165) is 50.8 Å². The lowest BCUT2D eigenvalue weighted by atomic mass is 9.88. The highest BCUT2D eigenvalue weighted by molar-refractivity contribution is 7.99. The summed E-state index contributed by atoms with van der Waals surface area (Å²) < 4.78 is 5.49. The van der Waals surface area contributed by atoms with Crippen molar-refractivity contribution in [2.24, 2.45) is 11.8 Å². The van der Waals surface area contributed by atoms with Gasteiger partial charge in [0.2, 0.25) is 11.7 Å². The second-order valence-electron chi connectivity index (χ2n) is 6.85. The van der Waals surface area contributed by atoms with Gasteiger partial charge in [-0.2, -0.15) is 0 Å². The van der Waals surface area contributed by atoms with Crippen molar-refractivity contribution in [3.63, 3.8) is 0 Å². The Kier molecular flexibility index (Phi) is 8.37. The van der Waals surface area contributed by atoms with Crippen molar-refractivity contribution < 1.29 is 14.0 Å². The molecule has 2 fully saturated rings. The molecule has 0 bridgehead atoms. The lowest BCUT2D eigenvalue weighted by Crippen LogP contribution is -2.45. The molecule has 0 spiro atoms. The third-order valence-corrected chi connectivity index (χ3v) is 5.66. The predicted octanol–water partition coefficient (Wildman–Crippen LogP) is 2.46. The van der Waals surface area contributed by atoms with Crippen LogP contribution in [0.4, 0.5) is 0 Å². The number of ketones is 1. The molecule has 0 aliphatic heterocycles. The Morgan fingerprint density at radius 2 is 1.92 bits per heavy atom. The van der Waals surface area contributed by atoms with Crippen LogP contribution in [0.1, 0.15) is 55.6 Å². The molecule has 0 saturated heterocycles. The summed E-state index contributed by atoms with van der Waals surface area (Å²) in [6, 6.07) is -0.523. The van der Waals surface area contributed by atoms with Gasteiger partial charge in [-0.15, -0.1) is 22.6 Å². The Bertz CT molecular complexity index is 603. The molecule has 2 N–H and O–H groups in total. The summed E-state index contributed by atoms with van der Waals surface area (Å²) in [4.78, 5) is 25.3. The van der Waals surface area contributed by atoms with Crippen LogP contribution in [0.3, 0.4) is 0 Å². The molecule has 1 amide bonds. The number of rotatable bonds is 9. The number of halogens is 1. The van der Waals surface area contributed by atoms with E-state index in [4.69, 9.17) is 4.42 Å². The van der Waals surface area contributed by atoms with E-state index < -0.39 is 6.04 Å². The number of carbonyl (C=O) groups is 2. The number of nitrogens with one attached hydrogen (secondary N) is 2. The number of hydrogen-bond acceptors (Lipinski definition) is 7. The normalized spacial score (nSPS) is 18.8. The number of carbonyl (C=O) groups excluding carboxylic acids is 2. The van der Waals surface area contributed by atoms with Crippen molar-refractivity contribution in [2.45, 2.75) is 56.2 Å². The molecule has 0 radical (unpaired) electrons. The summed E-state index contributed by atoms with van der Waals surface area (Å²) in [5.74, 6) is 0.794. The van der Waals surface area contributed by atoms with Gasteiger partial charge >= 0.3 is 0 Å². The average molecular weight is 403 g/mol. The van der Waals surface area contributed by atoms with Gasteiger partial charge < -0.3 is 15.1 Å². The largest absolute Gasteiger partial charge is 0.408 e. The van der Waals surface area contributed by atoms with Gasteiger partial charge in [0, 0.05) is 18.2 Å². The van der Waals surface area contributed by atoms with Crippen molar-refractivity contribution in [1.82, 2.24) is 20.8 Å². The fourth-order valence-corrected chi connectivity index (χ4v) is 3.92. The Hall–Kier alpha value is -1.12. The van der Waals surface area contributed by atoms with Crippen LogP contribution in [0.5, 0.6) is 0 Å². The van der Waals surface area contributed by atoms with Gasteiger partial charge in [0.25, 0.3) is 11.1 Å². The molecule has 2 saturated carbocycles. The van der Waals surface area contributed by atoms with Gasteiger partial charge in [-0.25, -0.2) is 0 Å². The van der Waals surface area contributed by atoms with E-state index in [1.165, 1.54) is 18.2 Å². The van der Waals surface area contributed by atoms with Crippen LogP contribution >= 0.6 is 24.2 Å². The molecule has 146 valence electrons. The molecule has 2 aliphatic rings. The molecule has 0 aromatic carbocycles. The minimum absolute atomic E-state index is 0. The molecular formula is C17H27ClN4O3S. The third-order valence-electron chi connectivity index (χ3n) is 4.84. The smallest absolute Gasteiger partial charge is 0.286 e. The number of Topliss-reactive ketones (excluding diaryl/α,β-unsaturated/α-hetero) is 1. The van der Waals surface area contributed by atoms with Gasteiger partial charge in [-0.3, -0.25) is 9.59 Å². The highest BCUT2D eigenvalue weighted by atomic mass is 35.5. The van der Waals surface area contributed by atoms with Gasteiger partial charge in [0.15, 0.2) is 0 Å². The van der Waals surface area contributed by atoms with Crippen molar-refractivity contribution in [1.29, 1.82) is 0 Å². The molecule has 1 aromatic heterocycles. The molecule has 3 rings (SSSR count). The maximum absolute atomic E-state index is 12.8. The first kappa shape index (κ1) is 21.2. The Labute approximate surface area is 164 Å². The van der Waals surface area contributed by atoms with E-state index >= 15 is 0 Å². The summed E-state index contributed by atoms with van der Waals surface area (Å²) in [5, 5.41) is 14.2. The Morgan fingerprint density at radius 3 is 2.58 bits per heavy atom. The number of amides is 1. The van der Waals surface area contributed by atoms with Crippen LogP contribution in [0.15, 0.2) is 9.64 Å². The van der Waals surface area contributed by atoms with Crippen LogP contribution in [0.2, 0.25) is 0 Å². The third kappa shape index (κ3) is 5.69. The van der Waals surface area contributed by atoms with E-state index in [1.807, 2.05) is 7.05 Å². The maximum atomic E-state index is 12.8. The van der Waals surface area contributed by atoms with Crippen molar-refractivity contribution in [2.75, 3.05) is 19.3 Å². The van der Waals surface area contributed by atoms with Crippen LogP contribution in [0, 0.1) is 11.8 Å². The van der Waals surface area contributed by atoms with Crippen LogP contribution in [-0.4, -0.2) is 47.3 Å². The zero-order valence-corrected chi connectivity index (χ0v) is 16.7. The van der Waals surface area contributed by atoms with Crippen LogP contribution in [0.25, 0.3) is 0 Å².